The van der Waals surface area contributed by atoms with Gasteiger partial charge in [-0.1, -0.05) is 12.1 Å². The molecule has 2 heterocycles. The van der Waals surface area contributed by atoms with Crippen LogP contribution in [0.25, 0.3) is 11.5 Å². The summed E-state index contributed by atoms with van der Waals surface area (Å²) in [7, 11) is 0. The lowest BCUT2D eigenvalue weighted by molar-refractivity contribution is -0.117. The van der Waals surface area contributed by atoms with Crippen LogP contribution in [0.3, 0.4) is 0 Å². The molecule has 0 fully saturated rings. The zero-order valence-corrected chi connectivity index (χ0v) is 13.5. The van der Waals surface area contributed by atoms with Crippen molar-refractivity contribution in [3.8, 4) is 11.5 Å². The lowest BCUT2D eigenvalue weighted by Crippen LogP contribution is -2.29. The van der Waals surface area contributed by atoms with Crippen molar-refractivity contribution in [3.05, 3.63) is 69.6 Å². The van der Waals surface area contributed by atoms with Gasteiger partial charge in [0.25, 0.3) is 5.56 Å². The summed E-state index contributed by atoms with van der Waals surface area (Å²) in [5.41, 5.74) is 0.763. The van der Waals surface area contributed by atoms with E-state index in [-0.39, 0.29) is 18.0 Å². The van der Waals surface area contributed by atoms with Crippen LogP contribution in [0.15, 0.2) is 68.5 Å². The van der Waals surface area contributed by atoms with Crippen LogP contribution < -0.4 is 10.9 Å². The molecule has 0 aliphatic rings. The van der Waals surface area contributed by atoms with Gasteiger partial charge in [0.05, 0.1) is 12.0 Å². The van der Waals surface area contributed by atoms with Crippen LogP contribution in [-0.4, -0.2) is 15.7 Å². The fraction of sp³-hybridized carbons (Fsp3) is 0.0625. The van der Waals surface area contributed by atoms with Gasteiger partial charge in [-0.15, -0.1) is 0 Å². The second-order valence-corrected chi connectivity index (χ2v) is 5.57. The summed E-state index contributed by atoms with van der Waals surface area (Å²) in [6.07, 6.45) is 1.52. The second kappa shape index (κ2) is 6.62. The zero-order valence-electron chi connectivity index (χ0n) is 11.9. The summed E-state index contributed by atoms with van der Waals surface area (Å²) >= 11 is 3.35. The topological polar surface area (TPSA) is 77.1 Å². The molecule has 0 aliphatic heterocycles. The molecule has 23 heavy (non-hydrogen) atoms. The highest BCUT2D eigenvalue weighted by atomic mass is 79.9. The van der Waals surface area contributed by atoms with Crippen molar-refractivity contribution in [1.29, 1.82) is 0 Å². The predicted octanol–water partition coefficient (Wildman–Crippen LogP) is 2.90. The second-order valence-electron chi connectivity index (χ2n) is 4.72. The number of aromatic nitrogens is 2. The average molecular weight is 374 g/mol. The summed E-state index contributed by atoms with van der Waals surface area (Å²) in [5, 5.41) is 6.89. The minimum absolute atomic E-state index is 0.186. The third-order valence-electron chi connectivity index (χ3n) is 3.08. The van der Waals surface area contributed by atoms with E-state index in [1.807, 2.05) is 18.2 Å². The van der Waals surface area contributed by atoms with Crippen LogP contribution in [0, 0.1) is 0 Å². The zero-order chi connectivity index (χ0) is 16.2. The molecular formula is C16H12BrN3O3. The van der Waals surface area contributed by atoms with Gasteiger partial charge in [-0.3, -0.25) is 9.59 Å². The van der Waals surface area contributed by atoms with Gasteiger partial charge in [0.2, 0.25) is 5.91 Å². The first kappa shape index (κ1) is 15.2. The highest BCUT2D eigenvalue weighted by Gasteiger charge is 2.10. The Balaban J connectivity index is 1.80. The number of rotatable bonds is 4. The number of para-hydroxylation sites is 1. The molecule has 0 saturated heterocycles. The maximum absolute atomic E-state index is 12.1. The van der Waals surface area contributed by atoms with Gasteiger partial charge in [-0.2, -0.15) is 5.10 Å². The van der Waals surface area contributed by atoms with Crippen molar-refractivity contribution in [2.75, 3.05) is 5.32 Å². The van der Waals surface area contributed by atoms with E-state index in [9.17, 15) is 9.59 Å². The van der Waals surface area contributed by atoms with E-state index in [2.05, 4.69) is 26.3 Å². The Hall–Kier alpha value is -2.67. The van der Waals surface area contributed by atoms with Crippen molar-refractivity contribution in [3.63, 3.8) is 0 Å². The molecule has 7 heteroatoms. The monoisotopic (exact) mass is 373 g/mol. The van der Waals surface area contributed by atoms with Crippen molar-refractivity contribution >= 4 is 27.5 Å². The number of anilines is 1. The Morgan fingerprint density at radius 3 is 2.74 bits per heavy atom. The molecule has 1 N–H and O–H groups in total. The first-order valence-corrected chi connectivity index (χ1v) is 7.59. The molecule has 3 aromatic rings. The minimum atomic E-state index is -0.359. The molecule has 1 amide bonds. The fourth-order valence-electron chi connectivity index (χ4n) is 2.01. The summed E-state index contributed by atoms with van der Waals surface area (Å²) in [4.78, 5) is 24.0. The molecule has 3 rings (SSSR count). The van der Waals surface area contributed by atoms with Gasteiger partial charge in [0, 0.05) is 10.5 Å². The third kappa shape index (κ3) is 3.57. The van der Waals surface area contributed by atoms with Gasteiger partial charge >= 0.3 is 0 Å². The first-order valence-electron chi connectivity index (χ1n) is 6.80. The quantitative estimate of drug-likeness (QED) is 0.762. The third-order valence-corrected chi connectivity index (χ3v) is 3.77. The number of hydrogen-bond donors (Lipinski definition) is 1. The first-order chi connectivity index (χ1) is 11.1. The summed E-state index contributed by atoms with van der Waals surface area (Å²) in [6.45, 7) is -0.186. The molecule has 0 unspecified atom stereocenters. The van der Waals surface area contributed by atoms with Crippen LogP contribution in [0.2, 0.25) is 0 Å². The van der Waals surface area contributed by atoms with E-state index < -0.39 is 0 Å². The Morgan fingerprint density at radius 1 is 1.17 bits per heavy atom. The Kier molecular flexibility index (Phi) is 4.38. The number of nitrogens with zero attached hydrogens (tertiary/aromatic N) is 2. The Labute approximate surface area is 139 Å². The van der Waals surface area contributed by atoms with Crippen LogP contribution in [0.5, 0.6) is 0 Å². The van der Waals surface area contributed by atoms with E-state index in [0.717, 1.165) is 9.15 Å². The van der Waals surface area contributed by atoms with Crippen LogP contribution in [0.1, 0.15) is 0 Å². The largest absolute Gasteiger partial charge is 0.463 e. The molecule has 0 radical (unpaired) electrons. The highest BCUT2D eigenvalue weighted by molar-refractivity contribution is 9.10. The summed E-state index contributed by atoms with van der Waals surface area (Å²) < 4.78 is 7.11. The number of carbonyl (C=O) groups excluding carboxylic acids is 1. The van der Waals surface area contributed by atoms with E-state index >= 15 is 0 Å². The number of halogens is 1. The van der Waals surface area contributed by atoms with Crippen molar-refractivity contribution in [2.45, 2.75) is 6.54 Å². The molecular weight excluding hydrogens is 362 g/mol. The van der Waals surface area contributed by atoms with Crippen molar-refractivity contribution < 1.29 is 9.21 Å². The lowest BCUT2D eigenvalue weighted by Gasteiger charge is -2.08. The van der Waals surface area contributed by atoms with Crippen LogP contribution in [0.4, 0.5) is 5.69 Å². The van der Waals surface area contributed by atoms with Crippen LogP contribution in [-0.2, 0) is 11.3 Å². The van der Waals surface area contributed by atoms with Crippen molar-refractivity contribution in [1.82, 2.24) is 9.78 Å². The lowest BCUT2D eigenvalue weighted by atomic mass is 10.3. The van der Waals surface area contributed by atoms with E-state index in [0.29, 0.717) is 17.1 Å². The molecule has 116 valence electrons. The number of furan rings is 1. The average Bonchev–Trinajstić information content (AvgIpc) is 3.06. The Morgan fingerprint density at radius 2 is 2.00 bits per heavy atom. The van der Waals surface area contributed by atoms with E-state index in [4.69, 9.17) is 4.42 Å². The van der Waals surface area contributed by atoms with Gasteiger partial charge in [-0.25, -0.2) is 4.68 Å². The van der Waals surface area contributed by atoms with Gasteiger partial charge < -0.3 is 9.73 Å². The molecule has 2 aromatic heterocycles. The van der Waals surface area contributed by atoms with Crippen molar-refractivity contribution in [2.24, 2.45) is 0 Å². The summed E-state index contributed by atoms with van der Waals surface area (Å²) in [6, 6.07) is 13.6. The molecule has 0 bridgehead atoms. The fourth-order valence-corrected chi connectivity index (χ4v) is 2.39. The maximum atomic E-state index is 12.1. The normalized spacial score (nSPS) is 10.5. The molecule has 0 saturated carbocycles. The highest BCUT2D eigenvalue weighted by Crippen LogP contribution is 2.21. The smallest absolute Gasteiger partial charge is 0.267 e. The maximum Gasteiger partial charge on any atom is 0.267 e. The number of carbonyl (C=O) groups is 1. The summed E-state index contributed by atoms with van der Waals surface area (Å²) in [5.74, 6) is 0.188. The van der Waals surface area contributed by atoms with E-state index in [1.54, 1.807) is 24.3 Å². The number of nitrogens with one attached hydrogen (secondary N) is 1. The van der Waals surface area contributed by atoms with E-state index in [1.165, 1.54) is 12.3 Å². The van der Waals surface area contributed by atoms with Gasteiger partial charge in [0.15, 0.2) is 5.76 Å². The minimum Gasteiger partial charge on any atom is -0.463 e. The molecule has 0 aliphatic carbocycles. The molecule has 0 atom stereocenters. The number of amides is 1. The Bertz CT molecular complexity index is 888. The standard InChI is InChI=1S/C16H12BrN3O3/c17-11-4-1-2-5-12(11)18-15(21)10-20-16(22)8-7-13(19-20)14-6-3-9-23-14/h1-9H,10H2,(H,18,21). The molecule has 0 spiro atoms. The molecule has 6 nitrogen and oxygen atoms in total. The SMILES string of the molecule is O=C(Cn1nc(-c2ccco2)ccc1=O)Nc1ccccc1Br. The van der Waals surface area contributed by atoms with Gasteiger partial charge in [-0.05, 0) is 46.3 Å². The van der Waals surface area contributed by atoms with Gasteiger partial charge in [0.1, 0.15) is 12.2 Å². The number of hydrogen-bond acceptors (Lipinski definition) is 4. The van der Waals surface area contributed by atoms with Crippen LogP contribution >= 0.6 is 15.9 Å². The molecule has 1 aromatic carbocycles. The number of benzene rings is 1. The predicted molar refractivity (Wildman–Crippen MR) is 89.0 cm³/mol.